The predicted molar refractivity (Wildman–Crippen MR) is 70.4 cm³/mol. The van der Waals surface area contributed by atoms with Crippen LogP contribution in [-0.2, 0) is 26.5 Å². The molecule has 9 heteroatoms. The van der Waals surface area contributed by atoms with Gasteiger partial charge in [-0.3, -0.25) is 4.68 Å². The minimum absolute atomic E-state index is 0.00548. The second-order valence-electron chi connectivity index (χ2n) is 3.61. The Labute approximate surface area is 117 Å². The first-order chi connectivity index (χ1) is 8.92. The Bertz CT molecular complexity index is 477. The van der Waals surface area contributed by atoms with Crippen LogP contribution in [0.2, 0.25) is 5.02 Å². The molecule has 0 atom stereocenters. The lowest BCUT2D eigenvalue weighted by atomic mass is 10.6. The first kappa shape index (κ1) is 16.4. The molecule has 0 amide bonds. The molecule has 0 aliphatic carbocycles. The van der Waals surface area contributed by atoms with Gasteiger partial charge in [-0.1, -0.05) is 11.6 Å². The van der Waals surface area contributed by atoms with Gasteiger partial charge in [-0.15, -0.1) is 0 Å². The summed E-state index contributed by atoms with van der Waals surface area (Å²) in [5.74, 6) is 0. The molecule has 1 N–H and O–H groups in total. The van der Waals surface area contributed by atoms with Gasteiger partial charge in [0, 0.05) is 20.3 Å². The number of ether oxygens (including phenoxy) is 2. The van der Waals surface area contributed by atoms with E-state index in [1.165, 1.54) is 17.9 Å². The number of nitrogens with zero attached hydrogens (tertiary/aromatic N) is 2. The van der Waals surface area contributed by atoms with Crippen LogP contribution in [0.3, 0.4) is 0 Å². The molecule has 1 rings (SSSR count). The van der Waals surface area contributed by atoms with Crippen LogP contribution in [0.5, 0.6) is 0 Å². The average Bonchev–Trinajstić information content (AvgIpc) is 2.67. The highest BCUT2D eigenvalue weighted by Crippen LogP contribution is 2.19. The monoisotopic (exact) mass is 311 g/mol. The SMILES string of the molecule is CCOC(CNS(=O)(=O)c1c(Cl)cnn1C)OCC. The maximum absolute atomic E-state index is 12.1. The minimum Gasteiger partial charge on any atom is -0.352 e. The highest BCUT2D eigenvalue weighted by atomic mass is 35.5. The van der Waals surface area contributed by atoms with Crippen molar-refractivity contribution in [2.75, 3.05) is 19.8 Å². The van der Waals surface area contributed by atoms with Crippen LogP contribution in [-0.4, -0.2) is 44.2 Å². The van der Waals surface area contributed by atoms with E-state index in [0.29, 0.717) is 13.2 Å². The van der Waals surface area contributed by atoms with Crippen molar-refractivity contribution >= 4 is 21.6 Å². The van der Waals surface area contributed by atoms with Crippen molar-refractivity contribution in [1.82, 2.24) is 14.5 Å². The van der Waals surface area contributed by atoms with Gasteiger partial charge in [0.1, 0.15) is 0 Å². The summed E-state index contributed by atoms with van der Waals surface area (Å²) in [6.45, 7) is 4.47. The van der Waals surface area contributed by atoms with E-state index < -0.39 is 16.3 Å². The summed E-state index contributed by atoms with van der Waals surface area (Å²) < 4.78 is 38.2. The minimum atomic E-state index is -3.75. The van der Waals surface area contributed by atoms with Crippen molar-refractivity contribution < 1.29 is 17.9 Å². The van der Waals surface area contributed by atoms with Crippen molar-refractivity contribution in [1.29, 1.82) is 0 Å². The molecule has 0 spiro atoms. The van der Waals surface area contributed by atoms with E-state index in [9.17, 15) is 8.42 Å². The Morgan fingerprint density at radius 3 is 2.42 bits per heavy atom. The molecule has 0 radical (unpaired) electrons. The molecule has 0 saturated carbocycles. The Kier molecular flexibility index (Phi) is 6.21. The van der Waals surface area contributed by atoms with Gasteiger partial charge in [0.2, 0.25) is 0 Å². The maximum atomic E-state index is 12.1. The molecule has 7 nitrogen and oxygen atoms in total. The zero-order valence-corrected chi connectivity index (χ0v) is 12.7. The van der Waals surface area contributed by atoms with Crippen molar-refractivity contribution in [3.63, 3.8) is 0 Å². The van der Waals surface area contributed by atoms with Crippen molar-refractivity contribution in [3.05, 3.63) is 11.2 Å². The summed E-state index contributed by atoms with van der Waals surface area (Å²) in [5, 5.41) is 3.77. The van der Waals surface area contributed by atoms with Crippen LogP contribution in [0.4, 0.5) is 0 Å². The second-order valence-corrected chi connectivity index (χ2v) is 5.70. The normalized spacial score (nSPS) is 12.3. The van der Waals surface area contributed by atoms with Crippen LogP contribution in [0.25, 0.3) is 0 Å². The van der Waals surface area contributed by atoms with E-state index >= 15 is 0 Å². The third-order valence-corrected chi connectivity index (χ3v) is 4.17. The molecule has 0 aliphatic rings. The van der Waals surface area contributed by atoms with E-state index in [-0.39, 0.29) is 16.6 Å². The number of halogens is 1. The van der Waals surface area contributed by atoms with Gasteiger partial charge in [-0.25, -0.2) is 13.1 Å². The topological polar surface area (TPSA) is 82.5 Å². The zero-order valence-electron chi connectivity index (χ0n) is 11.1. The lowest BCUT2D eigenvalue weighted by molar-refractivity contribution is -0.130. The van der Waals surface area contributed by atoms with E-state index in [4.69, 9.17) is 21.1 Å². The highest BCUT2D eigenvalue weighted by molar-refractivity contribution is 7.89. The number of aryl methyl sites for hydroxylation is 1. The average molecular weight is 312 g/mol. The number of nitrogens with one attached hydrogen (secondary N) is 1. The first-order valence-electron chi connectivity index (χ1n) is 5.82. The Balaban J connectivity index is 2.75. The standard InChI is InChI=1S/C10H18ClN3O4S/c1-4-17-9(18-5-2)7-13-19(15,16)10-8(11)6-12-14(10)3/h6,9,13H,4-5,7H2,1-3H3. The summed E-state index contributed by atoms with van der Waals surface area (Å²) in [6, 6.07) is 0. The summed E-state index contributed by atoms with van der Waals surface area (Å²) in [7, 11) is -2.25. The number of hydrogen-bond acceptors (Lipinski definition) is 5. The fourth-order valence-electron chi connectivity index (χ4n) is 1.49. The quantitative estimate of drug-likeness (QED) is 0.716. The van der Waals surface area contributed by atoms with Crippen LogP contribution >= 0.6 is 11.6 Å². The molecule has 0 saturated heterocycles. The molecule has 0 fully saturated rings. The summed E-state index contributed by atoms with van der Waals surface area (Å²) in [5.41, 5.74) is 0. The number of rotatable bonds is 8. The molecule has 110 valence electrons. The van der Waals surface area contributed by atoms with Gasteiger partial charge < -0.3 is 9.47 Å². The Morgan fingerprint density at radius 1 is 1.42 bits per heavy atom. The lowest BCUT2D eigenvalue weighted by Crippen LogP contribution is -2.36. The van der Waals surface area contributed by atoms with E-state index in [1.54, 1.807) is 13.8 Å². The number of aromatic nitrogens is 2. The lowest BCUT2D eigenvalue weighted by Gasteiger charge is -2.17. The highest BCUT2D eigenvalue weighted by Gasteiger charge is 2.23. The van der Waals surface area contributed by atoms with Gasteiger partial charge in [0.05, 0.1) is 17.8 Å². The van der Waals surface area contributed by atoms with Crippen LogP contribution < -0.4 is 4.72 Å². The summed E-state index contributed by atoms with van der Waals surface area (Å²) in [4.78, 5) is 0. The molecule has 1 aromatic rings. The first-order valence-corrected chi connectivity index (χ1v) is 7.68. The van der Waals surface area contributed by atoms with Crippen LogP contribution in [0.15, 0.2) is 11.2 Å². The molecule has 0 unspecified atom stereocenters. The summed E-state index contributed by atoms with van der Waals surface area (Å²) >= 11 is 5.80. The van der Waals surface area contributed by atoms with E-state index in [1.807, 2.05) is 0 Å². The fraction of sp³-hybridized carbons (Fsp3) is 0.700. The number of sulfonamides is 1. The molecular formula is C10H18ClN3O4S. The molecule has 0 bridgehead atoms. The number of hydrogen-bond donors (Lipinski definition) is 1. The molecule has 19 heavy (non-hydrogen) atoms. The van der Waals surface area contributed by atoms with Gasteiger partial charge >= 0.3 is 0 Å². The van der Waals surface area contributed by atoms with Gasteiger partial charge in [0.25, 0.3) is 10.0 Å². The van der Waals surface area contributed by atoms with Crippen molar-refractivity contribution in [2.45, 2.75) is 25.2 Å². The van der Waals surface area contributed by atoms with E-state index in [0.717, 1.165) is 0 Å². The largest absolute Gasteiger partial charge is 0.352 e. The van der Waals surface area contributed by atoms with E-state index in [2.05, 4.69) is 9.82 Å². The predicted octanol–water partition coefficient (Wildman–Crippen LogP) is 0.751. The second kappa shape index (κ2) is 7.20. The van der Waals surface area contributed by atoms with Crippen LogP contribution in [0.1, 0.15) is 13.8 Å². The van der Waals surface area contributed by atoms with Crippen LogP contribution in [0, 0.1) is 0 Å². The van der Waals surface area contributed by atoms with Crippen molar-refractivity contribution in [3.8, 4) is 0 Å². The molecule has 0 aliphatic heterocycles. The smallest absolute Gasteiger partial charge is 0.259 e. The molecule has 1 heterocycles. The Morgan fingerprint density at radius 2 is 2.00 bits per heavy atom. The van der Waals surface area contributed by atoms with Crippen molar-refractivity contribution in [2.24, 2.45) is 7.05 Å². The summed E-state index contributed by atoms with van der Waals surface area (Å²) in [6.07, 6.45) is 0.648. The third-order valence-electron chi connectivity index (χ3n) is 2.24. The van der Waals surface area contributed by atoms with Gasteiger partial charge in [-0.2, -0.15) is 5.10 Å². The molecule has 0 aromatic carbocycles. The van der Waals surface area contributed by atoms with Gasteiger partial charge in [0.15, 0.2) is 11.3 Å². The zero-order chi connectivity index (χ0) is 14.5. The maximum Gasteiger partial charge on any atom is 0.259 e. The third kappa shape index (κ3) is 4.43. The Hall–Kier alpha value is -0.670. The molecule has 1 aromatic heterocycles. The fourth-order valence-corrected chi connectivity index (χ4v) is 3.15. The molecular weight excluding hydrogens is 294 g/mol. The van der Waals surface area contributed by atoms with Gasteiger partial charge in [-0.05, 0) is 13.8 Å².